The maximum atomic E-state index is 12.6. The van der Waals surface area contributed by atoms with Gasteiger partial charge >= 0.3 is 0 Å². The Kier molecular flexibility index (Phi) is 4.14. The van der Waals surface area contributed by atoms with Crippen molar-refractivity contribution >= 4 is 11.8 Å². The van der Waals surface area contributed by atoms with Crippen LogP contribution in [-0.4, -0.2) is 34.8 Å². The number of amides is 2. The van der Waals surface area contributed by atoms with E-state index in [2.05, 4.69) is 11.2 Å². The highest BCUT2D eigenvalue weighted by Gasteiger charge is 2.50. The van der Waals surface area contributed by atoms with Crippen molar-refractivity contribution in [2.75, 3.05) is 6.54 Å². The normalized spacial score (nSPS) is 25.5. The Hall–Kier alpha value is -1.50. The van der Waals surface area contributed by atoms with Crippen molar-refractivity contribution in [2.24, 2.45) is 0 Å². The molecule has 2 aliphatic rings. The fourth-order valence-electron chi connectivity index (χ4n) is 3.11. The highest BCUT2D eigenvalue weighted by Crippen LogP contribution is 2.34. The lowest BCUT2D eigenvalue weighted by atomic mass is 9.91. The number of hydrogen-bond donors (Lipinski definition) is 1. The number of rotatable bonds is 4. The van der Waals surface area contributed by atoms with Crippen LogP contribution in [0.5, 0.6) is 0 Å². The van der Waals surface area contributed by atoms with Crippen LogP contribution in [0.3, 0.4) is 0 Å². The standard InChI is InChI=1S/C15H22N2O2/c1-3-4-5-8-11-17-12(2)13(18)16-15(14(17)19)9-6-7-10-15/h1,12H,4-11H2,2H3,(H,16,18). The molecular weight excluding hydrogens is 240 g/mol. The molecular formula is C15H22N2O2. The van der Waals surface area contributed by atoms with Crippen LogP contribution < -0.4 is 5.32 Å². The number of unbranched alkanes of at least 4 members (excludes halogenated alkanes) is 2. The molecule has 1 unspecified atom stereocenters. The number of piperazine rings is 1. The van der Waals surface area contributed by atoms with Crippen LogP contribution in [0.1, 0.15) is 51.9 Å². The number of terminal acetylenes is 1. The van der Waals surface area contributed by atoms with E-state index in [-0.39, 0.29) is 17.9 Å². The van der Waals surface area contributed by atoms with Gasteiger partial charge in [-0.2, -0.15) is 0 Å². The van der Waals surface area contributed by atoms with Crippen molar-refractivity contribution in [1.29, 1.82) is 0 Å². The summed E-state index contributed by atoms with van der Waals surface area (Å²) < 4.78 is 0. The molecule has 2 amide bonds. The van der Waals surface area contributed by atoms with E-state index in [1.807, 2.05) is 0 Å². The van der Waals surface area contributed by atoms with Crippen LogP contribution in [-0.2, 0) is 9.59 Å². The van der Waals surface area contributed by atoms with Crippen molar-refractivity contribution < 1.29 is 9.59 Å². The van der Waals surface area contributed by atoms with Crippen molar-refractivity contribution in [1.82, 2.24) is 10.2 Å². The van der Waals surface area contributed by atoms with Crippen LogP contribution in [0.4, 0.5) is 0 Å². The molecule has 4 nitrogen and oxygen atoms in total. The van der Waals surface area contributed by atoms with Crippen LogP contribution in [0.15, 0.2) is 0 Å². The zero-order chi connectivity index (χ0) is 13.9. The predicted molar refractivity (Wildman–Crippen MR) is 73.2 cm³/mol. The van der Waals surface area contributed by atoms with Gasteiger partial charge in [-0.05, 0) is 32.6 Å². The molecule has 0 radical (unpaired) electrons. The maximum absolute atomic E-state index is 12.6. The Labute approximate surface area is 114 Å². The van der Waals surface area contributed by atoms with Gasteiger partial charge in [-0.1, -0.05) is 12.8 Å². The average molecular weight is 262 g/mol. The molecule has 2 rings (SSSR count). The van der Waals surface area contributed by atoms with Crippen molar-refractivity contribution in [2.45, 2.75) is 63.5 Å². The molecule has 1 spiro atoms. The van der Waals surface area contributed by atoms with Gasteiger partial charge in [-0.25, -0.2) is 0 Å². The molecule has 1 atom stereocenters. The predicted octanol–water partition coefficient (Wildman–Crippen LogP) is 1.45. The van der Waals surface area contributed by atoms with Crippen molar-refractivity contribution in [3.05, 3.63) is 0 Å². The van der Waals surface area contributed by atoms with E-state index < -0.39 is 5.54 Å². The lowest BCUT2D eigenvalue weighted by Gasteiger charge is -2.43. The monoisotopic (exact) mass is 262 g/mol. The Balaban J connectivity index is 2.04. The lowest BCUT2D eigenvalue weighted by Crippen LogP contribution is -2.68. The summed E-state index contributed by atoms with van der Waals surface area (Å²) >= 11 is 0. The average Bonchev–Trinajstić information content (AvgIpc) is 2.85. The summed E-state index contributed by atoms with van der Waals surface area (Å²) in [5.74, 6) is 2.70. The molecule has 1 heterocycles. The van der Waals surface area contributed by atoms with E-state index in [4.69, 9.17) is 6.42 Å². The minimum absolute atomic E-state index is 0.0153. The second kappa shape index (κ2) is 5.64. The highest BCUT2D eigenvalue weighted by atomic mass is 16.2. The Bertz CT molecular complexity index is 405. The van der Waals surface area contributed by atoms with E-state index in [1.165, 1.54) is 0 Å². The third-order valence-corrected chi connectivity index (χ3v) is 4.31. The molecule has 1 saturated heterocycles. The summed E-state index contributed by atoms with van der Waals surface area (Å²) in [6.07, 6.45) is 11.3. The van der Waals surface area contributed by atoms with E-state index in [0.717, 1.165) is 44.9 Å². The smallest absolute Gasteiger partial charge is 0.248 e. The molecule has 0 aromatic carbocycles. The first-order valence-electron chi connectivity index (χ1n) is 7.17. The summed E-state index contributed by atoms with van der Waals surface area (Å²) in [5, 5.41) is 2.96. The highest BCUT2D eigenvalue weighted by molar-refractivity contribution is 5.99. The summed E-state index contributed by atoms with van der Waals surface area (Å²) in [6.45, 7) is 2.44. The van der Waals surface area contributed by atoms with Crippen LogP contribution in [0.2, 0.25) is 0 Å². The molecule has 1 aliphatic carbocycles. The molecule has 1 N–H and O–H groups in total. The minimum atomic E-state index is -0.601. The number of hydrogen-bond acceptors (Lipinski definition) is 2. The SMILES string of the molecule is C#CCCCCN1C(=O)C2(CCCC2)NC(=O)C1C. The second-order valence-corrected chi connectivity index (χ2v) is 5.61. The van der Waals surface area contributed by atoms with Gasteiger partial charge in [0.1, 0.15) is 11.6 Å². The molecule has 0 aromatic rings. The zero-order valence-corrected chi connectivity index (χ0v) is 11.6. The number of nitrogens with one attached hydrogen (secondary N) is 1. The zero-order valence-electron chi connectivity index (χ0n) is 11.6. The molecule has 1 aliphatic heterocycles. The van der Waals surface area contributed by atoms with Crippen molar-refractivity contribution in [3.63, 3.8) is 0 Å². The number of carbonyl (C=O) groups excluding carboxylic acids is 2. The summed E-state index contributed by atoms with van der Waals surface area (Å²) in [4.78, 5) is 26.5. The Morgan fingerprint density at radius 2 is 2.05 bits per heavy atom. The molecule has 0 aromatic heterocycles. The van der Waals surface area contributed by atoms with Crippen LogP contribution in [0.25, 0.3) is 0 Å². The van der Waals surface area contributed by atoms with Gasteiger partial charge in [0.15, 0.2) is 0 Å². The molecule has 4 heteroatoms. The fraction of sp³-hybridized carbons (Fsp3) is 0.733. The Morgan fingerprint density at radius 1 is 1.37 bits per heavy atom. The Morgan fingerprint density at radius 3 is 2.68 bits per heavy atom. The second-order valence-electron chi connectivity index (χ2n) is 5.61. The first kappa shape index (κ1) is 13.9. The quantitative estimate of drug-likeness (QED) is 0.616. The summed E-state index contributed by atoms with van der Waals surface area (Å²) in [7, 11) is 0. The molecule has 0 bridgehead atoms. The van der Waals surface area contributed by atoms with E-state index in [1.54, 1.807) is 11.8 Å². The first-order chi connectivity index (χ1) is 9.10. The van der Waals surface area contributed by atoms with Gasteiger partial charge in [0, 0.05) is 13.0 Å². The maximum Gasteiger partial charge on any atom is 0.248 e. The van der Waals surface area contributed by atoms with Gasteiger partial charge in [0.05, 0.1) is 0 Å². The van der Waals surface area contributed by atoms with E-state index in [9.17, 15) is 9.59 Å². The third-order valence-electron chi connectivity index (χ3n) is 4.31. The van der Waals surface area contributed by atoms with Gasteiger partial charge in [0.2, 0.25) is 11.8 Å². The lowest BCUT2D eigenvalue weighted by molar-refractivity contribution is -0.154. The molecule has 104 valence electrons. The van der Waals surface area contributed by atoms with Crippen molar-refractivity contribution in [3.8, 4) is 12.3 Å². The fourth-order valence-corrected chi connectivity index (χ4v) is 3.11. The van der Waals surface area contributed by atoms with Gasteiger partial charge in [-0.15, -0.1) is 12.3 Å². The molecule has 19 heavy (non-hydrogen) atoms. The first-order valence-corrected chi connectivity index (χ1v) is 7.17. The number of carbonyl (C=O) groups is 2. The topological polar surface area (TPSA) is 49.4 Å². The summed E-state index contributed by atoms with van der Waals surface area (Å²) in [5.41, 5.74) is -0.601. The van der Waals surface area contributed by atoms with Crippen LogP contribution >= 0.6 is 0 Å². The van der Waals surface area contributed by atoms with Gasteiger partial charge in [-0.3, -0.25) is 9.59 Å². The van der Waals surface area contributed by atoms with Gasteiger partial charge < -0.3 is 10.2 Å². The van der Waals surface area contributed by atoms with Crippen LogP contribution in [0, 0.1) is 12.3 Å². The third kappa shape index (κ3) is 2.60. The largest absolute Gasteiger partial charge is 0.340 e. The van der Waals surface area contributed by atoms with E-state index >= 15 is 0 Å². The molecule has 2 fully saturated rings. The summed E-state index contributed by atoms with van der Waals surface area (Å²) in [6, 6.07) is -0.357. The number of nitrogens with zero attached hydrogens (tertiary/aromatic N) is 1. The van der Waals surface area contributed by atoms with E-state index in [0.29, 0.717) is 6.54 Å². The minimum Gasteiger partial charge on any atom is -0.340 e. The van der Waals surface area contributed by atoms with Gasteiger partial charge in [0.25, 0.3) is 0 Å². The molecule has 1 saturated carbocycles.